The third kappa shape index (κ3) is 1.75. The van der Waals surface area contributed by atoms with Gasteiger partial charge in [-0.15, -0.1) is 0 Å². The molecule has 1 aromatic heterocycles. The van der Waals surface area contributed by atoms with E-state index in [0.29, 0.717) is 0 Å². The third-order valence-corrected chi connectivity index (χ3v) is 2.30. The molecular weight excluding hydrogens is 206 g/mol. The van der Waals surface area contributed by atoms with Gasteiger partial charge in [0.25, 0.3) is 5.91 Å². The first-order valence-electron chi connectivity index (χ1n) is 4.70. The van der Waals surface area contributed by atoms with Crippen molar-refractivity contribution in [2.75, 3.05) is 0 Å². The number of rotatable bonds is 2. The number of carbonyl (C=O) groups is 1. The highest BCUT2D eigenvalue weighted by atomic mass is 16.3. The summed E-state index contributed by atoms with van der Waals surface area (Å²) in [5.74, 6) is -0.760. The molecule has 0 radical (unpaired) electrons. The molecule has 82 valence electrons. The van der Waals surface area contributed by atoms with Gasteiger partial charge in [0.2, 0.25) is 0 Å². The topological polar surface area (TPSA) is 81.1 Å². The van der Waals surface area contributed by atoms with Crippen molar-refractivity contribution in [1.29, 1.82) is 0 Å². The van der Waals surface area contributed by atoms with Crippen LogP contribution in [0.25, 0.3) is 11.1 Å². The lowest BCUT2D eigenvalue weighted by molar-refractivity contribution is 0.0998. The van der Waals surface area contributed by atoms with Crippen LogP contribution >= 0.6 is 0 Å². The summed E-state index contributed by atoms with van der Waals surface area (Å²) in [5, 5.41) is 13.6. The standard InChI is InChI=1S/C11H11N3O2/c1-14-6-8(5-13-14)7-2-3-9(11(12)16)10(15)4-7/h2-6,15H,1H3,(H2,12,16). The number of nitrogens with zero attached hydrogens (tertiary/aromatic N) is 2. The van der Waals surface area contributed by atoms with E-state index in [-0.39, 0.29) is 11.3 Å². The Bertz CT molecular complexity index is 546. The van der Waals surface area contributed by atoms with Gasteiger partial charge in [-0.2, -0.15) is 5.10 Å². The zero-order chi connectivity index (χ0) is 11.7. The lowest BCUT2D eigenvalue weighted by Gasteiger charge is -2.02. The number of hydrogen-bond acceptors (Lipinski definition) is 3. The highest BCUT2D eigenvalue weighted by Crippen LogP contribution is 2.25. The predicted molar refractivity (Wildman–Crippen MR) is 58.8 cm³/mol. The number of aryl methyl sites for hydroxylation is 1. The Labute approximate surface area is 92.1 Å². The smallest absolute Gasteiger partial charge is 0.252 e. The van der Waals surface area contributed by atoms with Gasteiger partial charge >= 0.3 is 0 Å². The highest BCUT2D eigenvalue weighted by molar-refractivity contribution is 5.96. The van der Waals surface area contributed by atoms with E-state index in [0.717, 1.165) is 11.1 Å². The van der Waals surface area contributed by atoms with E-state index in [2.05, 4.69) is 5.10 Å². The summed E-state index contributed by atoms with van der Waals surface area (Å²) in [5.41, 5.74) is 6.87. The molecule has 3 N–H and O–H groups in total. The molecule has 5 heteroatoms. The molecule has 2 rings (SSSR count). The first kappa shape index (κ1) is 10.2. The quantitative estimate of drug-likeness (QED) is 0.783. The molecule has 1 amide bonds. The van der Waals surface area contributed by atoms with E-state index >= 15 is 0 Å². The lowest BCUT2D eigenvalue weighted by atomic mass is 10.1. The van der Waals surface area contributed by atoms with Gasteiger partial charge in [-0.3, -0.25) is 9.48 Å². The van der Waals surface area contributed by atoms with Crippen LogP contribution in [0.1, 0.15) is 10.4 Å². The van der Waals surface area contributed by atoms with Crippen LogP contribution in [-0.4, -0.2) is 20.8 Å². The van der Waals surface area contributed by atoms with Crippen LogP contribution in [0, 0.1) is 0 Å². The third-order valence-electron chi connectivity index (χ3n) is 2.30. The molecule has 0 fully saturated rings. The van der Waals surface area contributed by atoms with Crippen LogP contribution in [-0.2, 0) is 7.05 Å². The maximum atomic E-state index is 10.9. The fourth-order valence-corrected chi connectivity index (χ4v) is 1.49. The summed E-state index contributed by atoms with van der Waals surface area (Å²) >= 11 is 0. The number of amides is 1. The number of aromatic hydroxyl groups is 1. The summed E-state index contributed by atoms with van der Waals surface area (Å²) in [4.78, 5) is 10.9. The lowest BCUT2D eigenvalue weighted by Crippen LogP contribution is -2.10. The van der Waals surface area contributed by atoms with Gasteiger partial charge in [-0.1, -0.05) is 6.07 Å². The van der Waals surface area contributed by atoms with Crippen molar-refractivity contribution in [2.45, 2.75) is 0 Å². The minimum absolute atomic E-state index is 0.117. The molecule has 16 heavy (non-hydrogen) atoms. The zero-order valence-corrected chi connectivity index (χ0v) is 8.71. The Morgan fingerprint density at radius 1 is 1.44 bits per heavy atom. The van der Waals surface area contributed by atoms with Gasteiger partial charge in [0.15, 0.2) is 0 Å². The summed E-state index contributed by atoms with van der Waals surface area (Å²) in [6.45, 7) is 0. The van der Waals surface area contributed by atoms with E-state index in [1.165, 1.54) is 12.1 Å². The average molecular weight is 217 g/mol. The predicted octanol–water partition coefficient (Wildman–Crippen LogP) is 0.892. The van der Waals surface area contributed by atoms with Crippen LogP contribution in [0.5, 0.6) is 5.75 Å². The molecule has 0 aliphatic carbocycles. The SMILES string of the molecule is Cn1cc(-c2ccc(C(N)=O)c(O)c2)cn1. The normalized spacial score (nSPS) is 10.3. The second-order valence-electron chi connectivity index (χ2n) is 3.50. The molecule has 0 bridgehead atoms. The number of primary amides is 1. The van der Waals surface area contributed by atoms with Gasteiger partial charge < -0.3 is 10.8 Å². The Balaban J connectivity index is 2.45. The first-order chi connectivity index (χ1) is 7.58. The van der Waals surface area contributed by atoms with Gasteiger partial charge in [0, 0.05) is 18.8 Å². The van der Waals surface area contributed by atoms with Gasteiger partial charge in [-0.25, -0.2) is 0 Å². The summed E-state index contributed by atoms with van der Waals surface area (Å²) in [6, 6.07) is 4.72. The molecule has 0 saturated carbocycles. The molecule has 1 aromatic carbocycles. The number of carbonyl (C=O) groups excluding carboxylic acids is 1. The average Bonchev–Trinajstić information content (AvgIpc) is 2.64. The Hall–Kier alpha value is -2.30. The van der Waals surface area contributed by atoms with Crippen molar-refractivity contribution >= 4 is 5.91 Å². The van der Waals surface area contributed by atoms with Crippen LogP contribution in [0.15, 0.2) is 30.6 Å². The molecular formula is C11H11N3O2. The van der Waals surface area contributed by atoms with Gasteiger partial charge in [-0.05, 0) is 17.7 Å². The van der Waals surface area contributed by atoms with Crippen molar-refractivity contribution in [1.82, 2.24) is 9.78 Å². The second-order valence-corrected chi connectivity index (χ2v) is 3.50. The minimum Gasteiger partial charge on any atom is -0.507 e. The molecule has 0 unspecified atom stereocenters. The molecule has 0 aliphatic heterocycles. The van der Waals surface area contributed by atoms with Crippen LogP contribution < -0.4 is 5.73 Å². The van der Waals surface area contributed by atoms with E-state index < -0.39 is 5.91 Å². The maximum Gasteiger partial charge on any atom is 0.252 e. The first-order valence-corrected chi connectivity index (χ1v) is 4.70. The molecule has 0 saturated heterocycles. The molecule has 0 spiro atoms. The van der Waals surface area contributed by atoms with Crippen molar-refractivity contribution in [2.24, 2.45) is 12.8 Å². The van der Waals surface area contributed by atoms with Crippen molar-refractivity contribution < 1.29 is 9.90 Å². The number of aromatic nitrogens is 2. The molecule has 5 nitrogen and oxygen atoms in total. The second kappa shape index (κ2) is 3.69. The summed E-state index contributed by atoms with van der Waals surface area (Å²) in [6.07, 6.45) is 3.50. The number of nitrogens with two attached hydrogens (primary N) is 1. The largest absolute Gasteiger partial charge is 0.507 e. The summed E-state index contributed by atoms with van der Waals surface area (Å²) < 4.78 is 1.66. The number of benzene rings is 1. The maximum absolute atomic E-state index is 10.9. The Morgan fingerprint density at radius 3 is 2.69 bits per heavy atom. The van der Waals surface area contributed by atoms with Crippen LogP contribution in [0.4, 0.5) is 0 Å². The Kier molecular flexibility index (Phi) is 2.36. The monoisotopic (exact) mass is 217 g/mol. The van der Waals surface area contributed by atoms with E-state index in [4.69, 9.17) is 5.73 Å². The van der Waals surface area contributed by atoms with E-state index in [1.807, 2.05) is 6.20 Å². The number of hydrogen-bond donors (Lipinski definition) is 2. The molecule has 0 atom stereocenters. The Morgan fingerprint density at radius 2 is 2.19 bits per heavy atom. The van der Waals surface area contributed by atoms with E-state index in [9.17, 15) is 9.90 Å². The van der Waals surface area contributed by atoms with Crippen molar-refractivity contribution in [3.63, 3.8) is 0 Å². The fourth-order valence-electron chi connectivity index (χ4n) is 1.49. The van der Waals surface area contributed by atoms with E-state index in [1.54, 1.807) is 24.0 Å². The van der Waals surface area contributed by atoms with Crippen LogP contribution in [0.3, 0.4) is 0 Å². The van der Waals surface area contributed by atoms with Crippen molar-refractivity contribution in [3.05, 3.63) is 36.2 Å². The van der Waals surface area contributed by atoms with Gasteiger partial charge in [0.1, 0.15) is 5.75 Å². The molecule has 0 aliphatic rings. The highest BCUT2D eigenvalue weighted by Gasteiger charge is 2.09. The minimum atomic E-state index is -0.643. The van der Waals surface area contributed by atoms with Crippen molar-refractivity contribution in [3.8, 4) is 16.9 Å². The summed E-state index contributed by atoms with van der Waals surface area (Å²) in [7, 11) is 1.81. The molecule has 2 aromatic rings. The zero-order valence-electron chi connectivity index (χ0n) is 8.71. The number of phenols is 1. The van der Waals surface area contributed by atoms with Crippen LogP contribution in [0.2, 0.25) is 0 Å². The molecule has 1 heterocycles. The fraction of sp³-hybridized carbons (Fsp3) is 0.0909. The van der Waals surface area contributed by atoms with Gasteiger partial charge in [0.05, 0.1) is 11.8 Å².